The highest BCUT2D eigenvalue weighted by Gasteiger charge is 2.19. The molecule has 0 amide bonds. The number of allylic oxidation sites excluding steroid dienone is 14. The van der Waals surface area contributed by atoms with E-state index >= 15 is 0 Å². The third-order valence-corrected chi connectivity index (χ3v) is 11.6. The fourth-order valence-electron chi connectivity index (χ4n) is 7.51. The van der Waals surface area contributed by atoms with Gasteiger partial charge in [0.05, 0.1) is 0 Å². The van der Waals surface area contributed by atoms with Crippen molar-refractivity contribution in [1.82, 2.24) is 0 Å². The van der Waals surface area contributed by atoms with E-state index in [0.29, 0.717) is 19.3 Å². The van der Waals surface area contributed by atoms with Crippen LogP contribution < -0.4 is 0 Å². The lowest BCUT2D eigenvalue weighted by Crippen LogP contribution is -2.30. The number of ether oxygens (including phenoxy) is 3. The first kappa shape index (κ1) is 62.6. The molecule has 0 heterocycles. The Morgan fingerprint density at radius 1 is 0.318 bits per heavy atom. The molecule has 1 atom stereocenters. The zero-order valence-electron chi connectivity index (χ0n) is 43.2. The summed E-state index contributed by atoms with van der Waals surface area (Å²) in [6.45, 7) is 6.45. The van der Waals surface area contributed by atoms with Crippen LogP contribution in [0.15, 0.2) is 85.1 Å². The molecule has 0 bridgehead atoms. The Morgan fingerprint density at radius 3 is 1.02 bits per heavy atom. The normalized spacial score (nSPS) is 12.7. The number of rotatable bonds is 49. The molecule has 0 aromatic heterocycles. The summed E-state index contributed by atoms with van der Waals surface area (Å²) in [5, 5.41) is 0. The number of esters is 3. The highest BCUT2D eigenvalue weighted by atomic mass is 16.6. The summed E-state index contributed by atoms with van der Waals surface area (Å²) in [5.41, 5.74) is 0. The molecular weight excluding hydrogens is 817 g/mol. The van der Waals surface area contributed by atoms with Gasteiger partial charge in [-0.2, -0.15) is 0 Å². The summed E-state index contributed by atoms with van der Waals surface area (Å²) in [6, 6.07) is 0. The van der Waals surface area contributed by atoms with Crippen molar-refractivity contribution >= 4 is 17.9 Å². The van der Waals surface area contributed by atoms with Crippen molar-refractivity contribution in [1.29, 1.82) is 0 Å². The Hall–Kier alpha value is -3.41. The van der Waals surface area contributed by atoms with Gasteiger partial charge in [-0.25, -0.2) is 0 Å². The lowest BCUT2D eigenvalue weighted by atomic mass is 10.0. The lowest BCUT2D eigenvalue weighted by Gasteiger charge is -2.18. The molecule has 0 aliphatic rings. The van der Waals surface area contributed by atoms with Gasteiger partial charge in [0, 0.05) is 19.3 Å². The third-order valence-electron chi connectivity index (χ3n) is 11.6. The van der Waals surface area contributed by atoms with Crippen LogP contribution >= 0.6 is 0 Å². The van der Waals surface area contributed by atoms with E-state index < -0.39 is 6.10 Å². The summed E-state index contributed by atoms with van der Waals surface area (Å²) in [6.07, 6.45) is 70.0. The van der Waals surface area contributed by atoms with Crippen molar-refractivity contribution < 1.29 is 28.6 Å². The van der Waals surface area contributed by atoms with Gasteiger partial charge in [-0.05, 0) is 89.9 Å². The van der Waals surface area contributed by atoms with Crippen molar-refractivity contribution in [2.75, 3.05) is 13.2 Å². The second-order valence-electron chi connectivity index (χ2n) is 18.1. The fourth-order valence-corrected chi connectivity index (χ4v) is 7.51. The van der Waals surface area contributed by atoms with Gasteiger partial charge in [-0.15, -0.1) is 0 Å². The first-order valence-electron chi connectivity index (χ1n) is 27.6. The quantitative estimate of drug-likeness (QED) is 0.0262. The maximum absolute atomic E-state index is 12.8. The largest absolute Gasteiger partial charge is 0.462 e. The number of carbonyl (C=O) groups is 3. The molecule has 6 nitrogen and oxygen atoms in total. The zero-order valence-corrected chi connectivity index (χ0v) is 43.2. The minimum Gasteiger partial charge on any atom is -0.462 e. The Morgan fingerprint density at radius 2 is 0.606 bits per heavy atom. The average molecular weight is 919 g/mol. The molecule has 0 rings (SSSR count). The summed E-state index contributed by atoms with van der Waals surface area (Å²) in [5.74, 6) is -0.969. The van der Waals surface area contributed by atoms with Gasteiger partial charge in [0.15, 0.2) is 6.10 Å². The van der Waals surface area contributed by atoms with E-state index in [1.54, 1.807) is 0 Å². The van der Waals surface area contributed by atoms with Gasteiger partial charge in [-0.1, -0.05) is 234 Å². The Labute approximate surface area is 407 Å². The number of unbranched alkanes of at least 4 members (excludes halogenated alkanes) is 24. The predicted molar refractivity (Wildman–Crippen MR) is 284 cm³/mol. The third kappa shape index (κ3) is 51.6. The average Bonchev–Trinajstić information content (AvgIpc) is 3.31. The van der Waals surface area contributed by atoms with Crippen LogP contribution in [0.3, 0.4) is 0 Å². The van der Waals surface area contributed by atoms with E-state index in [1.165, 1.54) is 109 Å². The first-order chi connectivity index (χ1) is 32.5. The van der Waals surface area contributed by atoms with Crippen LogP contribution in [0.4, 0.5) is 0 Å². The molecule has 0 spiro atoms. The SMILES string of the molecule is CC/C=C/C/C=C/C/C=C/CCCCCCCC(=O)OC[C@H](COC(=O)CCC/C=C/C/C=C/C/C=C/C/C=C/CCCCC)OC(=O)CCCCCCCCCCCCCCCCCC. The number of hydrogen-bond donors (Lipinski definition) is 0. The molecule has 0 unspecified atom stereocenters. The van der Waals surface area contributed by atoms with Gasteiger partial charge in [0.25, 0.3) is 0 Å². The van der Waals surface area contributed by atoms with Gasteiger partial charge >= 0.3 is 17.9 Å². The molecule has 0 aromatic rings. The second kappa shape index (κ2) is 54.2. The summed E-state index contributed by atoms with van der Waals surface area (Å²) < 4.78 is 16.8. The van der Waals surface area contributed by atoms with Crippen molar-refractivity contribution in [3.63, 3.8) is 0 Å². The standard InChI is InChI=1S/C60H102O6/c1-4-7-10-13-16-19-22-25-28-30-33-35-38-41-44-47-50-53-59(62)65-56-57(55-64-58(61)52-49-46-43-40-37-34-31-27-24-21-18-15-12-9-6-3)66-60(63)54-51-48-45-42-39-36-32-29-26-23-20-17-14-11-8-5-2/h9,12,16,18-19,21,25,27-28,31,33,35,41,44,57H,4-8,10-11,13-15,17,20,22-24,26,29-30,32,34,36-40,42-43,45-56H2,1-3H3/b12-9+,19-16+,21-18+,28-25+,31-27+,35-33+,44-41+/t57-/m1/s1. The maximum atomic E-state index is 12.8. The Kier molecular flexibility index (Phi) is 51.4. The van der Waals surface area contributed by atoms with Crippen LogP contribution in [0, 0.1) is 0 Å². The van der Waals surface area contributed by atoms with Crippen LogP contribution in [-0.2, 0) is 28.6 Å². The number of carbonyl (C=O) groups excluding carboxylic acids is 3. The highest BCUT2D eigenvalue weighted by molar-refractivity contribution is 5.71. The van der Waals surface area contributed by atoms with Crippen LogP contribution in [0.2, 0.25) is 0 Å². The van der Waals surface area contributed by atoms with Gasteiger partial charge < -0.3 is 14.2 Å². The van der Waals surface area contributed by atoms with Crippen LogP contribution in [0.5, 0.6) is 0 Å². The van der Waals surface area contributed by atoms with E-state index in [1.807, 2.05) is 0 Å². The van der Waals surface area contributed by atoms with E-state index in [9.17, 15) is 14.4 Å². The van der Waals surface area contributed by atoms with Gasteiger partial charge in [0.1, 0.15) is 13.2 Å². The molecule has 0 N–H and O–H groups in total. The minimum absolute atomic E-state index is 0.101. The van der Waals surface area contributed by atoms with Crippen molar-refractivity contribution in [3.05, 3.63) is 85.1 Å². The minimum atomic E-state index is -0.804. The Bertz CT molecular complexity index is 1290. The van der Waals surface area contributed by atoms with E-state index in [0.717, 1.165) is 103 Å². The van der Waals surface area contributed by atoms with Crippen molar-refractivity contribution in [2.45, 2.75) is 264 Å². The maximum Gasteiger partial charge on any atom is 0.306 e. The van der Waals surface area contributed by atoms with Crippen LogP contribution in [-0.4, -0.2) is 37.2 Å². The molecule has 0 aromatic carbocycles. The Balaban J connectivity index is 4.48. The summed E-state index contributed by atoms with van der Waals surface area (Å²) in [4.78, 5) is 38.1. The van der Waals surface area contributed by atoms with Crippen LogP contribution in [0.1, 0.15) is 258 Å². The molecule has 0 fully saturated rings. The lowest BCUT2D eigenvalue weighted by molar-refractivity contribution is -0.167. The monoisotopic (exact) mass is 919 g/mol. The molecule has 378 valence electrons. The molecule has 0 saturated heterocycles. The molecule has 0 aliphatic heterocycles. The van der Waals surface area contributed by atoms with Crippen molar-refractivity contribution in [2.24, 2.45) is 0 Å². The van der Waals surface area contributed by atoms with E-state index in [2.05, 4.69) is 106 Å². The fraction of sp³-hybridized carbons (Fsp3) is 0.717. The van der Waals surface area contributed by atoms with Crippen molar-refractivity contribution in [3.8, 4) is 0 Å². The summed E-state index contributed by atoms with van der Waals surface area (Å²) >= 11 is 0. The predicted octanol–water partition coefficient (Wildman–Crippen LogP) is 18.4. The molecule has 0 aliphatic carbocycles. The molecule has 0 radical (unpaired) electrons. The van der Waals surface area contributed by atoms with E-state index in [4.69, 9.17) is 14.2 Å². The van der Waals surface area contributed by atoms with E-state index in [-0.39, 0.29) is 37.5 Å². The molecule has 66 heavy (non-hydrogen) atoms. The molecular formula is C60H102O6. The summed E-state index contributed by atoms with van der Waals surface area (Å²) in [7, 11) is 0. The second-order valence-corrected chi connectivity index (χ2v) is 18.1. The topological polar surface area (TPSA) is 78.9 Å². The number of hydrogen-bond acceptors (Lipinski definition) is 6. The molecule has 0 saturated carbocycles. The first-order valence-corrected chi connectivity index (χ1v) is 27.6. The smallest absolute Gasteiger partial charge is 0.306 e. The van der Waals surface area contributed by atoms with Gasteiger partial charge in [-0.3, -0.25) is 14.4 Å². The van der Waals surface area contributed by atoms with Gasteiger partial charge in [0.2, 0.25) is 0 Å². The highest BCUT2D eigenvalue weighted by Crippen LogP contribution is 2.15. The van der Waals surface area contributed by atoms with Crippen LogP contribution in [0.25, 0.3) is 0 Å². The zero-order chi connectivity index (χ0) is 47.9. The molecule has 6 heteroatoms.